The van der Waals surface area contributed by atoms with Crippen molar-refractivity contribution in [2.45, 2.75) is 56.3 Å². The van der Waals surface area contributed by atoms with E-state index in [-0.39, 0.29) is 36.8 Å². The number of halogens is 2. The van der Waals surface area contributed by atoms with Crippen LogP contribution >= 0.6 is 0 Å². The highest BCUT2D eigenvalue weighted by Crippen LogP contribution is 2.46. The molecule has 2 unspecified atom stereocenters. The van der Waals surface area contributed by atoms with Crippen molar-refractivity contribution in [2.75, 3.05) is 37.8 Å². The molecule has 4 atom stereocenters. The zero-order valence-electron chi connectivity index (χ0n) is 26.6. The summed E-state index contributed by atoms with van der Waals surface area (Å²) in [5.41, 5.74) is 2.54. The van der Waals surface area contributed by atoms with Gasteiger partial charge in [-0.1, -0.05) is 36.4 Å². The second-order valence-corrected chi connectivity index (χ2v) is 13.1. The third-order valence-corrected chi connectivity index (χ3v) is 9.87. The Morgan fingerprint density at radius 2 is 1.65 bits per heavy atom. The number of β-lactam (4-membered cyclic amide) rings is 1. The van der Waals surface area contributed by atoms with E-state index in [0.29, 0.717) is 69.5 Å². The number of aryl methyl sites for hydroxylation is 1. The van der Waals surface area contributed by atoms with Crippen LogP contribution in [-0.2, 0) is 30.3 Å². The number of benzene rings is 3. The number of nitrogens with zero attached hydrogens (tertiary/aromatic N) is 2. The van der Waals surface area contributed by atoms with Gasteiger partial charge in [-0.25, -0.2) is 8.78 Å². The SMILES string of the molecule is O=C(O)C1CCCN(C(=O)COC2(CCc3ccc([C@@H]4[C@@H](CCC(O)c5ccc(F)cc5)C(=O)N4c4ccc(F)cc4)cc3)COC2)C1. The summed E-state index contributed by atoms with van der Waals surface area (Å²) in [7, 11) is 0. The number of ether oxygens (including phenoxy) is 2. The van der Waals surface area contributed by atoms with Crippen molar-refractivity contribution >= 4 is 23.5 Å². The fraction of sp³-hybridized carbons (Fsp3) is 0.432. The summed E-state index contributed by atoms with van der Waals surface area (Å²) in [6, 6.07) is 19.1. The molecule has 0 radical (unpaired) electrons. The molecule has 3 heterocycles. The van der Waals surface area contributed by atoms with Gasteiger partial charge in [0.15, 0.2) is 0 Å². The number of aliphatic carboxylic acids is 1. The number of aliphatic hydroxyl groups is 1. The quantitative estimate of drug-likeness (QED) is 0.241. The van der Waals surface area contributed by atoms with Crippen LogP contribution in [0.15, 0.2) is 72.8 Å². The largest absolute Gasteiger partial charge is 0.481 e. The third kappa shape index (κ3) is 7.43. The molecule has 0 aromatic heterocycles. The van der Waals surface area contributed by atoms with Gasteiger partial charge < -0.3 is 29.5 Å². The Kier molecular flexibility index (Phi) is 10.2. The molecule has 3 aromatic rings. The second-order valence-electron chi connectivity index (χ2n) is 13.1. The van der Waals surface area contributed by atoms with Crippen LogP contribution in [0.4, 0.5) is 14.5 Å². The molecule has 3 fully saturated rings. The number of carboxylic acids is 1. The minimum Gasteiger partial charge on any atom is -0.481 e. The van der Waals surface area contributed by atoms with Gasteiger partial charge in [0.1, 0.15) is 23.8 Å². The Morgan fingerprint density at radius 1 is 0.979 bits per heavy atom. The van der Waals surface area contributed by atoms with Gasteiger partial charge in [0, 0.05) is 18.8 Å². The van der Waals surface area contributed by atoms with E-state index in [0.717, 1.165) is 11.1 Å². The van der Waals surface area contributed by atoms with Gasteiger partial charge >= 0.3 is 5.97 Å². The minimum absolute atomic E-state index is 0.108. The van der Waals surface area contributed by atoms with E-state index in [1.54, 1.807) is 21.9 Å². The van der Waals surface area contributed by atoms with Crippen molar-refractivity contribution in [2.24, 2.45) is 11.8 Å². The number of hydrogen-bond acceptors (Lipinski definition) is 6. The number of aliphatic hydroxyl groups excluding tert-OH is 1. The van der Waals surface area contributed by atoms with E-state index in [1.165, 1.54) is 36.4 Å². The summed E-state index contributed by atoms with van der Waals surface area (Å²) in [6.45, 7) is 1.36. The van der Waals surface area contributed by atoms with Crippen molar-refractivity contribution in [1.82, 2.24) is 4.90 Å². The maximum atomic E-state index is 13.7. The Morgan fingerprint density at radius 3 is 2.27 bits per heavy atom. The molecule has 0 aliphatic carbocycles. The smallest absolute Gasteiger partial charge is 0.308 e. The van der Waals surface area contributed by atoms with Crippen LogP contribution in [-0.4, -0.2) is 71.4 Å². The van der Waals surface area contributed by atoms with Gasteiger partial charge in [-0.15, -0.1) is 0 Å². The first kappa shape index (κ1) is 33.7. The zero-order chi connectivity index (χ0) is 33.8. The van der Waals surface area contributed by atoms with Crippen LogP contribution in [0.25, 0.3) is 0 Å². The molecule has 254 valence electrons. The van der Waals surface area contributed by atoms with Crippen molar-refractivity contribution < 1.29 is 42.9 Å². The highest BCUT2D eigenvalue weighted by molar-refractivity contribution is 6.03. The standard InChI is InChI=1S/C37H40F2N2O7/c38-28-9-7-25(8-10-28)32(42)16-15-31-34(41(35(31)44)30-13-11-29(39)12-14-30)26-5-3-24(4-6-26)17-18-37(22-47-23-37)48-21-33(43)40-19-1-2-27(20-40)36(45)46/h3-14,27,31-32,34,42H,1-2,15-23H2,(H,45,46)/t27?,31-,32?,34-/m1/s1. The number of likely N-dealkylation sites (tertiary alicyclic amines) is 1. The first-order chi connectivity index (χ1) is 23.1. The van der Waals surface area contributed by atoms with Crippen LogP contribution in [0.3, 0.4) is 0 Å². The Balaban J connectivity index is 1.09. The van der Waals surface area contributed by atoms with E-state index in [9.17, 15) is 33.4 Å². The predicted octanol–water partition coefficient (Wildman–Crippen LogP) is 5.22. The third-order valence-electron chi connectivity index (χ3n) is 9.87. The molecule has 48 heavy (non-hydrogen) atoms. The number of anilines is 1. The van der Waals surface area contributed by atoms with E-state index >= 15 is 0 Å². The summed E-state index contributed by atoms with van der Waals surface area (Å²) in [6.07, 6.45) is 2.41. The number of amides is 2. The molecule has 0 saturated carbocycles. The monoisotopic (exact) mass is 662 g/mol. The summed E-state index contributed by atoms with van der Waals surface area (Å²) in [5.74, 6) is -2.93. The molecule has 9 nitrogen and oxygen atoms in total. The molecular formula is C37H40F2N2O7. The molecule has 0 bridgehead atoms. The van der Waals surface area contributed by atoms with E-state index < -0.39 is 35.3 Å². The van der Waals surface area contributed by atoms with E-state index in [2.05, 4.69) is 0 Å². The first-order valence-corrected chi connectivity index (χ1v) is 16.5. The topological polar surface area (TPSA) is 117 Å². The molecule has 3 aliphatic heterocycles. The van der Waals surface area contributed by atoms with Gasteiger partial charge in [-0.05, 0) is 91.6 Å². The molecule has 2 N–H and O–H groups in total. The lowest BCUT2D eigenvalue weighted by atomic mass is 9.78. The molecule has 3 aliphatic rings. The predicted molar refractivity (Wildman–Crippen MR) is 172 cm³/mol. The fourth-order valence-electron chi connectivity index (χ4n) is 6.88. The second kappa shape index (κ2) is 14.5. The number of carboxylic acid groups (broad SMARTS) is 1. The number of piperidine rings is 1. The number of hydrogen-bond donors (Lipinski definition) is 2. The zero-order valence-corrected chi connectivity index (χ0v) is 26.6. The number of carbonyl (C=O) groups excluding carboxylic acids is 2. The average Bonchev–Trinajstić information content (AvgIpc) is 3.08. The Labute approximate surface area is 278 Å². The van der Waals surface area contributed by atoms with Crippen LogP contribution in [0.5, 0.6) is 0 Å². The lowest BCUT2D eigenvalue weighted by Gasteiger charge is -2.48. The van der Waals surface area contributed by atoms with Gasteiger partial charge in [0.25, 0.3) is 0 Å². The molecule has 3 aromatic carbocycles. The van der Waals surface area contributed by atoms with Crippen LogP contribution in [0, 0.1) is 23.5 Å². The summed E-state index contributed by atoms with van der Waals surface area (Å²) < 4.78 is 38.6. The molecule has 11 heteroatoms. The minimum atomic E-state index is -0.883. The average molecular weight is 663 g/mol. The summed E-state index contributed by atoms with van der Waals surface area (Å²) >= 11 is 0. The van der Waals surface area contributed by atoms with Crippen molar-refractivity contribution in [1.29, 1.82) is 0 Å². The summed E-state index contributed by atoms with van der Waals surface area (Å²) in [4.78, 5) is 40.9. The number of rotatable bonds is 13. The first-order valence-electron chi connectivity index (χ1n) is 16.5. The lowest BCUT2D eigenvalue weighted by molar-refractivity contribution is -0.214. The lowest BCUT2D eigenvalue weighted by Crippen LogP contribution is -2.55. The van der Waals surface area contributed by atoms with Crippen LogP contribution < -0.4 is 4.90 Å². The molecular weight excluding hydrogens is 622 g/mol. The van der Waals surface area contributed by atoms with Gasteiger partial charge in [-0.2, -0.15) is 0 Å². The molecule has 0 spiro atoms. The Hall–Kier alpha value is -4.19. The van der Waals surface area contributed by atoms with Gasteiger partial charge in [-0.3, -0.25) is 14.4 Å². The van der Waals surface area contributed by atoms with Crippen molar-refractivity contribution in [3.05, 3.63) is 101 Å². The normalized spacial score (nSPS) is 22.5. The van der Waals surface area contributed by atoms with Crippen LogP contribution in [0.1, 0.15) is 60.9 Å². The number of carbonyl (C=O) groups is 3. The molecule has 2 amide bonds. The van der Waals surface area contributed by atoms with Gasteiger partial charge in [0.2, 0.25) is 11.8 Å². The summed E-state index contributed by atoms with van der Waals surface area (Å²) in [5, 5.41) is 20.1. The van der Waals surface area contributed by atoms with Crippen molar-refractivity contribution in [3.63, 3.8) is 0 Å². The Bertz CT molecular complexity index is 1600. The van der Waals surface area contributed by atoms with Gasteiger partial charge in [0.05, 0.1) is 37.2 Å². The molecule has 3 saturated heterocycles. The fourth-order valence-corrected chi connectivity index (χ4v) is 6.88. The maximum absolute atomic E-state index is 13.7. The van der Waals surface area contributed by atoms with Crippen LogP contribution in [0.2, 0.25) is 0 Å². The highest BCUT2D eigenvalue weighted by atomic mass is 19.1. The van der Waals surface area contributed by atoms with E-state index in [1.807, 2.05) is 24.3 Å². The maximum Gasteiger partial charge on any atom is 0.308 e. The molecule has 6 rings (SSSR count). The highest BCUT2D eigenvalue weighted by Gasteiger charge is 2.48. The van der Waals surface area contributed by atoms with E-state index in [4.69, 9.17) is 9.47 Å². The van der Waals surface area contributed by atoms with Crippen molar-refractivity contribution in [3.8, 4) is 0 Å².